The third-order valence-electron chi connectivity index (χ3n) is 4.53. The fourth-order valence-electron chi connectivity index (χ4n) is 3.05. The molecule has 0 aliphatic heterocycles. The molecular weight excluding hydrogens is 531 g/mol. The number of imidazole rings is 1. The number of rotatable bonds is 9. The van der Waals surface area contributed by atoms with E-state index in [0.717, 1.165) is 17.7 Å². The van der Waals surface area contributed by atoms with E-state index in [1.807, 2.05) is 22.9 Å². The van der Waals surface area contributed by atoms with Gasteiger partial charge in [0.15, 0.2) is 5.96 Å². The van der Waals surface area contributed by atoms with Crippen LogP contribution in [0.25, 0.3) is 0 Å². The zero-order chi connectivity index (χ0) is 22.1. The summed E-state index contributed by atoms with van der Waals surface area (Å²) in [5.41, 5.74) is 2.78. The normalized spacial score (nSPS) is 11.1. The molecule has 0 saturated heterocycles. The van der Waals surface area contributed by atoms with Crippen LogP contribution < -0.4 is 20.1 Å². The van der Waals surface area contributed by atoms with Crippen molar-refractivity contribution in [2.75, 3.05) is 14.2 Å². The van der Waals surface area contributed by atoms with Crippen LogP contribution in [-0.4, -0.2) is 36.3 Å². The van der Waals surface area contributed by atoms with Gasteiger partial charge in [-0.05, 0) is 29.3 Å². The quantitative estimate of drug-likeness (QED) is 0.236. The summed E-state index contributed by atoms with van der Waals surface area (Å²) < 4.78 is 37.2. The van der Waals surface area contributed by atoms with Gasteiger partial charge in [0.25, 0.3) is 0 Å². The van der Waals surface area contributed by atoms with Crippen LogP contribution in [0.1, 0.15) is 16.7 Å². The second kappa shape index (κ2) is 12.8. The molecule has 3 aromatic rings. The van der Waals surface area contributed by atoms with E-state index in [2.05, 4.69) is 37.5 Å². The first-order valence-corrected chi connectivity index (χ1v) is 9.67. The SMILES string of the molecule is CN=C(NCc1cccc(Cn2ccnc2)c1)NCc1cc(OC)ccc1OC(F)F.I. The topological polar surface area (TPSA) is 72.7 Å². The molecule has 0 spiro atoms. The average molecular weight is 557 g/mol. The predicted octanol–water partition coefficient (Wildman–Crippen LogP) is 4.02. The maximum atomic E-state index is 12.7. The molecule has 1 aromatic heterocycles. The van der Waals surface area contributed by atoms with Gasteiger partial charge in [-0.15, -0.1) is 24.0 Å². The van der Waals surface area contributed by atoms with Crippen molar-refractivity contribution < 1.29 is 18.3 Å². The van der Waals surface area contributed by atoms with Crippen molar-refractivity contribution in [2.45, 2.75) is 26.2 Å². The van der Waals surface area contributed by atoms with Gasteiger partial charge >= 0.3 is 6.61 Å². The summed E-state index contributed by atoms with van der Waals surface area (Å²) in [7, 11) is 3.16. The molecule has 3 rings (SSSR count). The smallest absolute Gasteiger partial charge is 0.387 e. The van der Waals surface area contributed by atoms with Gasteiger partial charge < -0.3 is 24.7 Å². The van der Waals surface area contributed by atoms with Gasteiger partial charge in [0.2, 0.25) is 0 Å². The van der Waals surface area contributed by atoms with E-state index in [1.54, 1.807) is 31.7 Å². The van der Waals surface area contributed by atoms with Crippen molar-refractivity contribution >= 4 is 29.9 Å². The van der Waals surface area contributed by atoms with Crippen molar-refractivity contribution in [3.8, 4) is 11.5 Å². The highest BCUT2D eigenvalue weighted by molar-refractivity contribution is 14.0. The number of halogens is 3. The maximum Gasteiger partial charge on any atom is 0.387 e. The van der Waals surface area contributed by atoms with Gasteiger partial charge in [-0.25, -0.2) is 4.98 Å². The number of aliphatic imine (C=N–C) groups is 1. The Morgan fingerprint density at radius 2 is 1.91 bits per heavy atom. The molecule has 0 bridgehead atoms. The summed E-state index contributed by atoms with van der Waals surface area (Å²) in [6.45, 7) is -1.38. The summed E-state index contributed by atoms with van der Waals surface area (Å²) in [6.07, 6.45) is 5.45. The van der Waals surface area contributed by atoms with Crippen molar-refractivity contribution in [3.63, 3.8) is 0 Å². The number of nitrogens with zero attached hydrogens (tertiary/aromatic N) is 3. The maximum absolute atomic E-state index is 12.7. The number of methoxy groups -OCH3 is 1. The summed E-state index contributed by atoms with van der Waals surface area (Å²) in [6, 6.07) is 12.9. The minimum atomic E-state index is -2.90. The fraction of sp³-hybridized carbons (Fsp3) is 0.273. The Hall–Kier alpha value is -2.89. The number of alkyl halides is 2. The van der Waals surface area contributed by atoms with E-state index in [9.17, 15) is 8.78 Å². The van der Waals surface area contributed by atoms with Crippen LogP contribution in [0.2, 0.25) is 0 Å². The summed E-state index contributed by atoms with van der Waals surface area (Å²) in [4.78, 5) is 8.25. The lowest BCUT2D eigenvalue weighted by Gasteiger charge is -2.16. The number of guanidine groups is 1. The number of hydrogen-bond acceptors (Lipinski definition) is 4. The summed E-state index contributed by atoms with van der Waals surface area (Å²) >= 11 is 0. The second-order valence-corrected chi connectivity index (χ2v) is 6.69. The lowest BCUT2D eigenvalue weighted by atomic mass is 10.1. The van der Waals surface area contributed by atoms with Gasteiger partial charge in [-0.2, -0.15) is 8.78 Å². The third-order valence-corrected chi connectivity index (χ3v) is 4.53. The molecule has 0 saturated carbocycles. The molecule has 0 unspecified atom stereocenters. The Labute approximate surface area is 202 Å². The first kappa shape index (κ1) is 25.4. The molecule has 0 radical (unpaired) electrons. The molecule has 2 N–H and O–H groups in total. The molecule has 0 aliphatic carbocycles. The number of nitrogens with one attached hydrogen (secondary N) is 2. The highest BCUT2D eigenvalue weighted by Gasteiger charge is 2.11. The van der Waals surface area contributed by atoms with Gasteiger partial charge in [-0.1, -0.05) is 24.3 Å². The van der Waals surface area contributed by atoms with Crippen LogP contribution in [0, 0.1) is 0 Å². The molecule has 1 heterocycles. The lowest BCUT2D eigenvalue weighted by molar-refractivity contribution is -0.0505. The number of hydrogen-bond donors (Lipinski definition) is 2. The number of ether oxygens (including phenoxy) is 2. The summed E-state index contributed by atoms with van der Waals surface area (Å²) in [5.74, 6) is 1.17. The molecule has 172 valence electrons. The van der Waals surface area contributed by atoms with Crippen LogP contribution in [-0.2, 0) is 19.6 Å². The van der Waals surface area contributed by atoms with Gasteiger partial charge in [0.1, 0.15) is 11.5 Å². The number of aromatic nitrogens is 2. The number of benzene rings is 2. The van der Waals surface area contributed by atoms with Crippen molar-refractivity contribution in [2.24, 2.45) is 4.99 Å². The molecule has 7 nitrogen and oxygen atoms in total. The Morgan fingerprint density at radius 3 is 2.59 bits per heavy atom. The highest BCUT2D eigenvalue weighted by Crippen LogP contribution is 2.25. The van der Waals surface area contributed by atoms with E-state index in [-0.39, 0.29) is 36.3 Å². The van der Waals surface area contributed by atoms with Crippen LogP contribution in [0.4, 0.5) is 8.78 Å². The first-order valence-electron chi connectivity index (χ1n) is 9.67. The zero-order valence-corrected chi connectivity index (χ0v) is 20.1. The first-order chi connectivity index (χ1) is 15.1. The monoisotopic (exact) mass is 557 g/mol. The second-order valence-electron chi connectivity index (χ2n) is 6.69. The Balaban J connectivity index is 0.00000363. The molecule has 0 aliphatic rings. The Bertz CT molecular complexity index is 1000. The molecule has 0 fully saturated rings. The minimum absolute atomic E-state index is 0. The van der Waals surface area contributed by atoms with E-state index < -0.39 is 6.61 Å². The Kier molecular flexibility index (Phi) is 10.2. The van der Waals surface area contributed by atoms with Crippen LogP contribution in [0.5, 0.6) is 11.5 Å². The molecule has 32 heavy (non-hydrogen) atoms. The van der Waals surface area contributed by atoms with E-state index in [1.165, 1.54) is 13.2 Å². The standard InChI is InChI=1S/C22H25F2N5O2.HI/c1-25-22(28-13-18-11-19(30-2)6-7-20(18)31-21(23)24)27-12-16-4-3-5-17(10-16)14-29-9-8-26-15-29;/h3-11,15,21H,12-14H2,1-2H3,(H2,25,27,28);1H. The zero-order valence-electron chi connectivity index (χ0n) is 17.8. The van der Waals surface area contributed by atoms with E-state index in [0.29, 0.717) is 23.8 Å². The van der Waals surface area contributed by atoms with Crippen molar-refractivity contribution in [1.29, 1.82) is 0 Å². The fourth-order valence-corrected chi connectivity index (χ4v) is 3.05. The van der Waals surface area contributed by atoms with E-state index in [4.69, 9.17) is 4.74 Å². The molecule has 2 aromatic carbocycles. The van der Waals surface area contributed by atoms with Crippen molar-refractivity contribution in [3.05, 3.63) is 77.9 Å². The summed E-state index contributed by atoms with van der Waals surface area (Å²) in [5, 5.41) is 6.35. The Morgan fingerprint density at radius 1 is 1.12 bits per heavy atom. The molecular formula is C22H26F2IN5O2. The lowest BCUT2D eigenvalue weighted by Crippen LogP contribution is -2.36. The van der Waals surface area contributed by atoms with Gasteiger partial charge in [0.05, 0.1) is 13.4 Å². The third kappa shape index (κ3) is 7.66. The molecule has 0 amide bonds. The minimum Gasteiger partial charge on any atom is -0.497 e. The predicted molar refractivity (Wildman–Crippen MR) is 130 cm³/mol. The largest absolute Gasteiger partial charge is 0.497 e. The molecule has 10 heteroatoms. The molecule has 0 atom stereocenters. The highest BCUT2D eigenvalue weighted by atomic mass is 127. The van der Waals surface area contributed by atoms with Crippen LogP contribution >= 0.6 is 24.0 Å². The van der Waals surface area contributed by atoms with Crippen molar-refractivity contribution in [1.82, 2.24) is 20.2 Å². The average Bonchev–Trinajstić information content (AvgIpc) is 3.27. The van der Waals surface area contributed by atoms with Gasteiger partial charge in [0, 0.05) is 44.6 Å². The van der Waals surface area contributed by atoms with Gasteiger partial charge in [-0.3, -0.25) is 4.99 Å². The van der Waals surface area contributed by atoms with E-state index >= 15 is 0 Å². The van der Waals surface area contributed by atoms with Crippen LogP contribution in [0.15, 0.2) is 66.2 Å². The van der Waals surface area contributed by atoms with Crippen LogP contribution in [0.3, 0.4) is 0 Å².